The summed E-state index contributed by atoms with van der Waals surface area (Å²) in [5, 5.41) is 11.4. The zero-order valence-corrected chi connectivity index (χ0v) is 9.96. The number of rotatable bonds is 6. The van der Waals surface area contributed by atoms with Crippen molar-refractivity contribution in [3.63, 3.8) is 0 Å². The Balaban J connectivity index is 3.88. The number of nitrogens with one attached hydrogen (secondary N) is 1. The van der Waals surface area contributed by atoms with Gasteiger partial charge in [0.05, 0.1) is 5.92 Å². The molecule has 0 saturated heterocycles. The fraction of sp³-hybridized carbons (Fsp3) is 0.818. The van der Waals surface area contributed by atoms with E-state index in [1.165, 1.54) is 0 Å². The Morgan fingerprint density at radius 3 is 2.33 bits per heavy atom. The molecule has 0 aliphatic heterocycles. The third kappa shape index (κ3) is 4.81. The topological polar surface area (TPSA) is 66.4 Å². The molecule has 2 N–H and O–H groups in total. The fourth-order valence-electron chi connectivity index (χ4n) is 0.926. The van der Waals surface area contributed by atoms with Gasteiger partial charge in [0.2, 0.25) is 5.91 Å². The highest BCUT2D eigenvalue weighted by molar-refractivity contribution is 5.81. The summed E-state index contributed by atoms with van der Waals surface area (Å²) >= 11 is 0. The first-order valence-electron chi connectivity index (χ1n) is 5.32. The van der Waals surface area contributed by atoms with Crippen molar-refractivity contribution in [1.82, 2.24) is 5.32 Å². The van der Waals surface area contributed by atoms with Gasteiger partial charge in [-0.3, -0.25) is 9.59 Å². The lowest BCUT2D eigenvalue weighted by Gasteiger charge is -2.21. The highest BCUT2D eigenvalue weighted by atomic mass is 16.4. The molecule has 1 unspecified atom stereocenters. The number of carboxylic acid groups (broad SMARTS) is 1. The highest BCUT2D eigenvalue weighted by Crippen LogP contribution is 2.19. The number of carbonyl (C=O) groups excluding carboxylic acids is 1. The zero-order chi connectivity index (χ0) is 12.1. The molecule has 0 aliphatic rings. The lowest BCUT2D eigenvalue weighted by atomic mass is 9.89. The number of carboxylic acids is 1. The van der Waals surface area contributed by atoms with Gasteiger partial charge in [-0.15, -0.1) is 0 Å². The molecule has 0 aliphatic carbocycles. The first kappa shape index (κ1) is 13.9. The number of amides is 1. The average molecular weight is 215 g/mol. The maximum atomic E-state index is 11.6. The molecule has 88 valence electrons. The molecule has 0 bridgehead atoms. The van der Waals surface area contributed by atoms with Crippen molar-refractivity contribution in [2.45, 2.75) is 40.5 Å². The molecule has 0 aromatic heterocycles. The SMILES string of the molecule is CCC(C)(C)C(=O)NCCC(C)C(=O)O. The molecule has 0 aromatic carbocycles. The minimum Gasteiger partial charge on any atom is -0.481 e. The van der Waals surface area contributed by atoms with Crippen LogP contribution in [0.15, 0.2) is 0 Å². The van der Waals surface area contributed by atoms with Crippen LogP contribution >= 0.6 is 0 Å². The standard InChI is InChI=1S/C11H21NO3/c1-5-11(3,4)10(15)12-7-6-8(2)9(13)14/h8H,5-7H2,1-4H3,(H,12,15)(H,13,14). The second-order valence-electron chi connectivity index (χ2n) is 4.52. The largest absolute Gasteiger partial charge is 0.481 e. The van der Waals surface area contributed by atoms with Crippen LogP contribution < -0.4 is 5.32 Å². The second-order valence-corrected chi connectivity index (χ2v) is 4.52. The summed E-state index contributed by atoms with van der Waals surface area (Å²) in [5.41, 5.74) is -0.369. The van der Waals surface area contributed by atoms with Gasteiger partial charge in [-0.05, 0) is 12.8 Å². The van der Waals surface area contributed by atoms with Gasteiger partial charge in [0.15, 0.2) is 0 Å². The lowest BCUT2D eigenvalue weighted by molar-refractivity contribution is -0.141. The van der Waals surface area contributed by atoms with E-state index in [1.54, 1.807) is 6.92 Å². The summed E-state index contributed by atoms with van der Waals surface area (Å²) in [6.07, 6.45) is 1.24. The fourth-order valence-corrected chi connectivity index (χ4v) is 0.926. The van der Waals surface area contributed by atoms with Gasteiger partial charge in [0, 0.05) is 12.0 Å². The van der Waals surface area contributed by atoms with Crippen LogP contribution in [0, 0.1) is 11.3 Å². The second kappa shape index (κ2) is 5.73. The Kier molecular flexibility index (Phi) is 5.33. The third-order valence-corrected chi connectivity index (χ3v) is 2.78. The summed E-state index contributed by atoms with van der Waals surface area (Å²) in [7, 11) is 0. The Morgan fingerprint density at radius 1 is 1.40 bits per heavy atom. The van der Waals surface area contributed by atoms with E-state index in [9.17, 15) is 9.59 Å². The van der Waals surface area contributed by atoms with Crippen LogP contribution in [0.4, 0.5) is 0 Å². The van der Waals surface area contributed by atoms with Crippen molar-refractivity contribution in [2.75, 3.05) is 6.54 Å². The Morgan fingerprint density at radius 2 is 1.93 bits per heavy atom. The summed E-state index contributed by atoms with van der Waals surface area (Å²) in [6, 6.07) is 0. The van der Waals surface area contributed by atoms with Gasteiger partial charge in [-0.2, -0.15) is 0 Å². The van der Waals surface area contributed by atoms with Gasteiger partial charge in [-0.1, -0.05) is 27.7 Å². The molecule has 0 rings (SSSR count). The van der Waals surface area contributed by atoms with E-state index >= 15 is 0 Å². The number of hydrogen-bond acceptors (Lipinski definition) is 2. The number of carbonyl (C=O) groups is 2. The lowest BCUT2D eigenvalue weighted by Crippen LogP contribution is -2.37. The molecule has 0 radical (unpaired) electrons. The molecule has 0 heterocycles. The smallest absolute Gasteiger partial charge is 0.306 e. The average Bonchev–Trinajstić information content (AvgIpc) is 2.17. The van der Waals surface area contributed by atoms with Crippen LogP contribution in [0.25, 0.3) is 0 Å². The molecular formula is C11H21NO3. The van der Waals surface area contributed by atoms with E-state index in [1.807, 2.05) is 20.8 Å². The van der Waals surface area contributed by atoms with Crippen molar-refractivity contribution in [3.8, 4) is 0 Å². The minimum absolute atomic E-state index is 0.0115. The van der Waals surface area contributed by atoms with Crippen LogP contribution in [0.2, 0.25) is 0 Å². The molecule has 1 atom stereocenters. The van der Waals surface area contributed by atoms with Crippen LogP contribution in [-0.2, 0) is 9.59 Å². The maximum Gasteiger partial charge on any atom is 0.306 e. The predicted molar refractivity (Wildman–Crippen MR) is 58.5 cm³/mol. The van der Waals surface area contributed by atoms with E-state index in [2.05, 4.69) is 5.32 Å². The van der Waals surface area contributed by atoms with Crippen molar-refractivity contribution in [2.24, 2.45) is 11.3 Å². The molecule has 0 fully saturated rings. The number of hydrogen-bond donors (Lipinski definition) is 2. The van der Waals surface area contributed by atoms with Crippen molar-refractivity contribution < 1.29 is 14.7 Å². The number of aliphatic carboxylic acids is 1. The Labute approximate surface area is 91.1 Å². The molecule has 0 aromatic rings. The molecule has 15 heavy (non-hydrogen) atoms. The highest BCUT2D eigenvalue weighted by Gasteiger charge is 2.24. The van der Waals surface area contributed by atoms with Gasteiger partial charge in [-0.25, -0.2) is 0 Å². The van der Waals surface area contributed by atoms with E-state index in [4.69, 9.17) is 5.11 Å². The molecule has 1 amide bonds. The quantitative estimate of drug-likeness (QED) is 0.708. The molecule has 0 spiro atoms. The van der Waals surface area contributed by atoms with Crippen molar-refractivity contribution >= 4 is 11.9 Å². The van der Waals surface area contributed by atoms with Crippen molar-refractivity contribution in [1.29, 1.82) is 0 Å². The summed E-state index contributed by atoms with van der Waals surface area (Å²) in [6.45, 7) is 7.78. The normalized spacial score (nSPS) is 13.3. The predicted octanol–water partition coefficient (Wildman–Crippen LogP) is 1.65. The van der Waals surface area contributed by atoms with Gasteiger partial charge < -0.3 is 10.4 Å². The van der Waals surface area contributed by atoms with E-state index < -0.39 is 11.9 Å². The summed E-state index contributed by atoms with van der Waals surface area (Å²) in [5.74, 6) is -1.24. The molecule has 0 saturated carbocycles. The van der Waals surface area contributed by atoms with E-state index in [-0.39, 0.29) is 11.3 Å². The molecule has 4 nitrogen and oxygen atoms in total. The monoisotopic (exact) mass is 215 g/mol. The zero-order valence-electron chi connectivity index (χ0n) is 9.96. The van der Waals surface area contributed by atoms with Crippen LogP contribution in [0.5, 0.6) is 0 Å². The van der Waals surface area contributed by atoms with Crippen molar-refractivity contribution in [3.05, 3.63) is 0 Å². The first-order chi connectivity index (χ1) is 6.81. The van der Waals surface area contributed by atoms with E-state index in [0.717, 1.165) is 6.42 Å². The van der Waals surface area contributed by atoms with Crippen LogP contribution in [-0.4, -0.2) is 23.5 Å². The molecule has 4 heteroatoms. The van der Waals surface area contributed by atoms with Crippen LogP contribution in [0.1, 0.15) is 40.5 Å². The minimum atomic E-state index is -0.820. The maximum absolute atomic E-state index is 11.6. The third-order valence-electron chi connectivity index (χ3n) is 2.78. The Hall–Kier alpha value is -1.06. The van der Waals surface area contributed by atoms with Crippen LogP contribution in [0.3, 0.4) is 0 Å². The Bertz CT molecular complexity index is 236. The molecular weight excluding hydrogens is 194 g/mol. The first-order valence-corrected chi connectivity index (χ1v) is 5.32. The summed E-state index contributed by atoms with van der Waals surface area (Å²) < 4.78 is 0. The van der Waals surface area contributed by atoms with E-state index in [0.29, 0.717) is 13.0 Å². The van der Waals surface area contributed by atoms with Gasteiger partial charge in [0.1, 0.15) is 0 Å². The van der Waals surface area contributed by atoms with Gasteiger partial charge >= 0.3 is 5.97 Å². The van der Waals surface area contributed by atoms with Gasteiger partial charge in [0.25, 0.3) is 0 Å². The summed E-state index contributed by atoms with van der Waals surface area (Å²) in [4.78, 5) is 22.1.